The smallest absolute Gasteiger partial charge is 0.119 e. The molecule has 1 aromatic carbocycles. The molecule has 0 radical (unpaired) electrons. The van der Waals surface area contributed by atoms with Gasteiger partial charge < -0.3 is 14.4 Å². The summed E-state index contributed by atoms with van der Waals surface area (Å²) >= 11 is 0. The Morgan fingerprint density at radius 3 is 1.70 bits per heavy atom. The summed E-state index contributed by atoms with van der Waals surface area (Å²) in [4.78, 5) is 10.8. The fourth-order valence-electron chi connectivity index (χ4n) is 5.14. The zero-order chi connectivity index (χ0) is 24.5. The molecule has 0 fully saturated rings. The Bertz CT molecular complexity index is 632. The maximum atomic E-state index is 10.8. The van der Waals surface area contributed by atoms with E-state index < -0.39 is 5.97 Å². The Hall–Kier alpha value is -1.35. The van der Waals surface area contributed by atoms with E-state index in [1.54, 1.807) is 5.56 Å². The maximum Gasteiger partial charge on any atom is 0.119 e. The summed E-state index contributed by atoms with van der Waals surface area (Å²) in [6.07, 6.45) is 19.8. The lowest BCUT2D eigenvalue weighted by molar-refractivity contribution is -0.885. The van der Waals surface area contributed by atoms with Crippen LogP contribution in [0, 0.1) is 13.8 Å². The van der Waals surface area contributed by atoms with Gasteiger partial charge in [0, 0.05) is 0 Å². The molecule has 0 N–H and O–H groups in total. The number of carbonyl (C=O) groups is 1. The molecule has 190 valence electrons. The predicted octanol–water partition coefficient (Wildman–Crippen LogP) is 7.08. The molecule has 0 aliphatic heterocycles. The second-order valence-corrected chi connectivity index (χ2v) is 11.1. The molecule has 1 atom stereocenters. The van der Waals surface area contributed by atoms with Crippen molar-refractivity contribution < 1.29 is 14.4 Å². The molecule has 1 rings (SSSR count). The largest absolute Gasteiger partial charge is 0.544 e. The van der Waals surface area contributed by atoms with Crippen molar-refractivity contribution >= 4 is 5.97 Å². The molecule has 0 aliphatic carbocycles. The minimum Gasteiger partial charge on any atom is -0.544 e. The van der Waals surface area contributed by atoms with Crippen LogP contribution in [0.1, 0.15) is 126 Å². The number of benzene rings is 1. The van der Waals surface area contributed by atoms with Gasteiger partial charge in [0.05, 0.1) is 26.6 Å². The number of rotatable bonds is 20. The van der Waals surface area contributed by atoms with Crippen LogP contribution < -0.4 is 5.11 Å². The molecule has 0 saturated heterocycles. The molecule has 0 aromatic heterocycles. The van der Waals surface area contributed by atoms with E-state index in [0.29, 0.717) is 4.48 Å². The van der Waals surface area contributed by atoms with Crippen LogP contribution in [0.4, 0.5) is 0 Å². The average molecular weight is 460 g/mol. The van der Waals surface area contributed by atoms with Gasteiger partial charge in [0.2, 0.25) is 0 Å². The number of carboxylic acids is 1. The molecular weight excluding hydrogens is 406 g/mol. The predicted molar refractivity (Wildman–Crippen MR) is 140 cm³/mol. The highest BCUT2D eigenvalue weighted by Crippen LogP contribution is 2.30. The fraction of sp³-hybridized carbons (Fsp3) is 0.767. The molecule has 3 nitrogen and oxygen atoms in total. The zero-order valence-electron chi connectivity index (χ0n) is 22.6. The Morgan fingerprint density at radius 1 is 0.758 bits per heavy atom. The van der Waals surface area contributed by atoms with Crippen LogP contribution in [0.15, 0.2) is 18.2 Å². The zero-order valence-corrected chi connectivity index (χ0v) is 22.6. The van der Waals surface area contributed by atoms with Crippen LogP contribution in [-0.4, -0.2) is 37.6 Å². The topological polar surface area (TPSA) is 40.1 Å². The summed E-state index contributed by atoms with van der Waals surface area (Å²) in [6.45, 7) is 7.79. The van der Waals surface area contributed by atoms with Crippen LogP contribution in [-0.2, 0) is 4.79 Å². The first-order chi connectivity index (χ1) is 15.7. The second kappa shape index (κ2) is 17.1. The van der Waals surface area contributed by atoms with Crippen molar-refractivity contribution in [3.63, 3.8) is 0 Å². The molecule has 0 amide bonds. The third-order valence-electron chi connectivity index (χ3n) is 6.99. The summed E-state index contributed by atoms with van der Waals surface area (Å²) in [7, 11) is 3.96. The Kier molecular flexibility index (Phi) is 15.4. The SMILES string of the molecule is CCCCCCCCC(CCCCCCCCC[N+](C)(C)CC(=O)[O-])c1cc(C)cc(C)c1. The summed E-state index contributed by atoms with van der Waals surface area (Å²) in [5.74, 6) is -0.228. The highest BCUT2D eigenvalue weighted by molar-refractivity contribution is 5.65. The Balaban J connectivity index is 2.29. The minimum atomic E-state index is -0.948. The van der Waals surface area contributed by atoms with Gasteiger partial charge in [0.25, 0.3) is 0 Å². The number of aryl methyl sites for hydroxylation is 2. The van der Waals surface area contributed by atoms with E-state index in [9.17, 15) is 9.90 Å². The van der Waals surface area contributed by atoms with E-state index in [4.69, 9.17) is 0 Å². The van der Waals surface area contributed by atoms with E-state index in [1.165, 1.54) is 101 Å². The fourth-order valence-corrected chi connectivity index (χ4v) is 5.14. The summed E-state index contributed by atoms with van der Waals surface area (Å²) in [6, 6.07) is 7.15. The third-order valence-corrected chi connectivity index (χ3v) is 6.99. The number of quaternary nitrogens is 1. The number of aliphatic carboxylic acids is 1. The number of nitrogens with zero attached hydrogens (tertiary/aromatic N) is 1. The summed E-state index contributed by atoms with van der Waals surface area (Å²) in [5.41, 5.74) is 4.37. The van der Waals surface area contributed by atoms with E-state index in [1.807, 2.05) is 14.1 Å². The number of carboxylic acid groups (broad SMARTS) is 1. The molecule has 0 bridgehead atoms. The van der Waals surface area contributed by atoms with Crippen LogP contribution in [0.3, 0.4) is 0 Å². The minimum absolute atomic E-state index is 0.111. The molecule has 0 aliphatic rings. The van der Waals surface area contributed by atoms with E-state index >= 15 is 0 Å². The third kappa shape index (κ3) is 15.2. The molecule has 0 saturated carbocycles. The van der Waals surface area contributed by atoms with Crippen LogP contribution in [0.2, 0.25) is 0 Å². The molecule has 3 heteroatoms. The molecular formula is C30H53NO2. The first-order valence-corrected chi connectivity index (χ1v) is 13.8. The van der Waals surface area contributed by atoms with E-state index in [-0.39, 0.29) is 6.54 Å². The van der Waals surface area contributed by atoms with Crippen LogP contribution in [0.25, 0.3) is 0 Å². The van der Waals surface area contributed by atoms with Crippen molar-refractivity contribution in [3.8, 4) is 0 Å². The normalized spacial score (nSPS) is 12.8. The van der Waals surface area contributed by atoms with E-state index in [2.05, 4.69) is 39.0 Å². The molecule has 33 heavy (non-hydrogen) atoms. The number of hydrogen-bond acceptors (Lipinski definition) is 2. The van der Waals surface area contributed by atoms with Gasteiger partial charge in [0.1, 0.15) is 6.54 Å². The monoisotopic (exact) mass is 459 g/mol. The molecule has 0 heterocycles. The van der Waals surface area contributed by atoms with Crippen molar-refractivity contribution in [1.29, 1.82) is 0 Å². The van der Waals surface area contributed by atoms with Crippen molar-refractivity contribution in [2.75, 3.05) is 27.2 Å². The second-order valence-electron chi connectivity index (χ2n) is 11.1. The summed E-state index contributed by atoms with van der Waals surface area (Å²) in [5, 5.41) is 10.8. The first kappa shape index (κ1) is 29.7. The highest BCUT2D eigenvalue weighted by atomic mass is 16.4. The van der Waals surface area contributed by atoms with Crippen molar-refractivity contribution in [1.82, 2.24) is 0 Å². The van der Waals surface area contributed by atoms with Crippen LogP contribution >= 0.6 is 0 Å². The lowest BCUT2D eigenvalue weighted by Gasteiger charge is -2.30. The standard InChI is InChI=1S/C30H53NO2/c1-6-7-8-9-13-16-19-28(29-23-26(2)22-27(3)24-29)20-17-14-11-10-12-15-18-21-31(4,5)25-30(32)33/h22-24,28H,6-21,25H2,1-5H3. The summed E-state index contributed by atoms with van der Waals surface area (Å²) < 4.78 is 0.529. The molecule has 0 spiro atoms. The van der Waals surface area contributed by atoms with Gasteiger partial charge >= 0.3 is 0 Å². The molecule has 1 unspecified atom stereocenters. The lowest BCUT2D eigenvalue weighted by atomic mass is 9.86. The van der Waals surface area contributed by atoms with E-state index in [0.717, 1.165) is 18.9 Å². The molecule has 1 aromatic rings. The number of hydrogen-bond donors (Lipinski definition) is 0. The first-order valence-electron chi connectivity index (χ1n) is 13.8. The Labute approximate surface area is 205 Å². The van der Waals surface area contributed by atoms with Crippen molar-refractivity contribution in [3.05, 3.63) is 34.9 Å². The van der Waals surface area contributed by atoms with Gasteiger partial charge in [-0.25, -0.2) is 0 Å². The van der Waals surface area contributed by atoms with Crippen molar-refractivity contribution in [2.45, 2.75) is 123 Å². The quantitative estimate of drug-likeness (QED) is 0.154. The van der Waals surface area contributed by atoms with Crippen molar-refractivity contribution in [2.24, 2.45) is 0 Å². The maximum absolute atomic E-state index is 10.8. The van der Waals surface area contributed by atoms with Gasteiger partial charge in [-0.15, -0.1) is 0 Å². The van der Waals surface area contributed by atoms with Gasteiger partial charge in [-0.2, -0.15) is 0 Å². The van der Waals surface area contributed by atoms with Gasteiger partial charge in [-0.05, 0) is 51.0 Å². The number of likely N-dealkylation sites (N-methyl/N-ethyl adjacent to an activating group) is 1. The number of unbranched alkanes of at least 4 members (excludes halogenated alkanes) is 11. The highest BCUT2D eigenvalue weighted by Gasteiger charge is 2.14. The average Bonchev–Trinajstić information content (AvgIpc) is 2.71. The Morgan fingerprint density at radius 2 is 1.21 bits per heavy atom. The number of carbonyl (C=O) groups excluding carboxylic acids is 1. The van der Waals surface area contributed by atoms with Gasteiger partial charge in [-0.1, -0.05) is 107 Å². The van der Waals surface area contributed by atoms with Crippen LogP contribution in [0.5, 0.6) is 0 Å². The van der Waals surface area contributed by atoms with Gasteiger partial charge in [0.15, 0.2) is 0 Å². The lowest BCUT2D eigenvalue weighted by Crippen LogP contribution is -2.48. The van der Waals surface area contributed by atoms with Gasteiger partial charge in [-0.3, -0.25) is 0 Å².